The van der Waals surface area contributed by atoms with Crippen LogP contribution in [-0.4, -0.2) is 34.7 Å². The predicted octanol–water partition coefficient (Wildman–Crippen LogP) is 4.58. The number of para-hydroxylation sites is 1. The van der Waals surface area contributed by atoms with Crippen LogP contribution in [0, 0.1) is 5.92 Å². The van der Waals surface area contributed by atoms with E-state index in [0.717, 1.165) is 40.8 Å². The Morgan fingerprint density at radius 2 is 1.89 bits per heavy atom. The Morgan fingerprint density at radius 1 is 1.07 bits per heavy atom. The van der Waals surface area contributed by atoms with Gasteiger partial charge in [0.05, 0.1) is 15.1 Å². The number of amides is 1. The third kappa shape index (κ3) is 3.11. The molecule has 27 heavy (non-hydrogen) atoms. The molecule has 0 radical (unpaired) electrons. The minimum atomic E-state index is -0.0250. The molecule has 1 aliphatic carbocycles. The van der Waals surface area contributed by atoms with Crippen molar-refractivity contribution in [3.05, 3.63) is 50.7 Å². The number of aromatic nitrogens is 1. The first-order valence-electron chi connectivity index (χ1n) is 9.49. The van der Waals surface area contributed by atoms with Gasteiger partial charge in [-0.1, -0.05) is 12.1 Å². The molecular weight excluding hydrogens is 376 g/mol. The summed E-state index contributed by atoms with van der Waals surface area (Å²) in [4.78, 5) is 34.4. The average molecular weight is 397 g/mol. The fourth-order valence-corrected chi connectivity index (χ4v) is 6.29. The van der Waals surface area contributed by atoms with Crippen LogP contribution in [0.5, 0.6) is 0 Å². The lowest BCUT2D eigenvalue weighted by Gasteiger charge is -2.30. The summed E-state index contributed by atoms with van der Waals surface area (Å²) in [6.45, 7) is 1.31. The predicted molar refractivity (Wildman–Crippen MR) is 109 cm³/mol. The fraction of sp³-hybridized carbons (Fsp3) is 0.381. The third-order valence-corrected chi connectivity index (χ3v) is 7.89. The Morgan fingerprint density at radius 3 is 2.67 bits per heavy atom. The molecule has 0 saturated carbocycles. The van der Waals surface area contributed by atoms with Crippen molar-refractivity contribution in [2.24, 2.45) is 5.92 Å². The number of thiophene rings is 1. The zero-order valence-corrected chi connectivity index (χ0v) is 16.6. The van der Waals surface area contributed by atoms with Gasteiger partial charge in [-0.15, -0.1) is 22.7 Å². The number of ketones is 1. The van der Waals surface area contributed by atoms with Crippen molar-refractivity contribution in [2.75, 3.05) is 13.1 Å². The van der Waals surface area contributed by atoms with Crippen molar-refractivity contribution in [2.45, 2.75) is 32.1 Å². The van der Waals surface area contributed by atoms with E-state index in [1.54, 1.807) is 11.3 Å². The maximum atomic E-state index is 12.9. The first-order chi connectivity index (χ1) is 13.2. The summed E-state index contributed by atoms with van der Waals surface area (Å²) in [5.74, 6) is 0.252. The Bertz CT molecular complexity index is 973. The number of fused-ring (bicyclic) bond motifs is 2. The van der Waals surface area contributed by atoms with Crippen molar-refractivity contribution in [3.8, 4) is 0 Å². The van der Waals surface area contributed by atoms with E-state index in [1.807, 2.05) is 29.2 Å². The Hall–Kier alpha value is -2.05. The Balaban J connectivity index is 1.25. The van der Waals surface area contributed by atoms with E-state index in [-0.39, 0.29) is 17.6 Å². The maximum Gasteiger partial charge on any atom is 0.263 e. The Kier molecular flexibility index (Phi) is 4.32. The number of piperidine rings is 1. The molecule has 138 valence electrons. The third-order valence-electron chi connectivity index (χ3n) is 5.62. The highest BCUT2D eigenvalue weighted by molar-refractivity contribution is 7.20. The van der Waals surface area contributed by atoms with Crippen LogP contribution in [0.4, 0.5) is 0 Å². The van der Waals surface area contributed by atoms with Gasteiger partial charge in [0.15, 0.2) is 10.8 Å². The van der Waals surface area contributed by atoms with Crippen molar-refractivity contribution in [1.29, 1.82) is 0 Å². The number of benzene rings is 1. The van der Waals surface area contributed by atoms with Crippen LogP contribution >= 0.6 is 22.7 Å². The number of carbonyl (C=O) groups is 2. The molecule has 0 atom stereocenters. The number of hydrogen-bond acceptors (Lipinski definition) is 5. The largest absolute Gasteiger partial charge is 0.338 e. The van der Waals surface area contributed by atoms with E-state index < -0.39 is 0 Å². The molecule has 2 aliphatic rings. The number of likely N-dealkylation sites (tertiary alicyclic amines) is 1. The van der Waals surface area contributed by atoms with Gasteiger partial charge in [-0.05, 0) is 55.9 Å². The normalized spacial score (nSPS) is 17.4. The van der Waals surface area contributed by atoms with Crippen molar-refractivity contribution in [3.63, 3.8) is 0 Å². The highest BCUT2D eigenvalue weighted by Gasteiger charge is 2.31. The van der Waals surface area contributed by atoms with Crippen LogP contribution in [0.15, 0.2) is 30.3 Å². The van der Waals surface area contributed by atoms with Gasteiger partial charge in [0, 0.05) is 23.9 Å². The second kappa shape index (κ2) is 6.84. The van der Waals surface area contributed by atoms with Gasteiger partial charge in [0.2, 0.25) is 0 Å². The van der Waals surface area contributed by atoms with E-state index in [0.29, 0.717) is 18.1 Å². The lowest BCUT2D eigenvalue weighted by atomic mass is 9.92. The molecule has 0 bridgehead atoms. The zero-order chi connectivity index (χ0) is 18.4. The van der Waals surface area contributed by atoms with Crippen LogP contribution in [0.25, 0.3) is 10.2 Å². The summed E-state index contributed by atoms with van der Waals surface area (Å²) in [5.41, 5.74) is 2.26. The molecule has 1 aliphatic heterocycles. The zero-order valence-electron chi connectivity index (χ0n) is 14.9. The van der Waals surface area contributed by atoms with Gasteiger partial charge in [0.1, 0.15) is 0 Å². The standard InChI is InChI=1S/C21H20N2O2S2/c24-19(20-22-15-5-1-2-6-17(15)27-20)13-8-10-23(11-9-13)21(25)18-12-14-4-3-7-16(14)26-18/h1-2,5-6,12-13H,3-4,7-11H2. The van der Waals surface area contributed by atoms with Crippen LogP contribution in [0.2, 0.25) is 0 Å². The fourth-order valence-electron chi connectivity index (χ4n) is 4.09. The molecule has 0 unspecified atom stereocenters. The van der Waals surface area contributed by atoms with Gasteiger partial charge in [-0.2, -0.15) is 0 Å². The van der Waals surface area contributed by atoms with Crippen LogP contribution in [0.3, 0.4) is 0 Å². The number of carbonyl (C=O) groups excluding carboxylic acids is 2. The Labute approximate surface area is 165 Å². The highest BCUT2D eigenvalue weighted by Crippen LogP contribution is 2.33. The molecule has 1 fully saturated rings. The molecule has 6 heteroatoms. The molecule has 5 rings (SSSR count). The van der Waals surface area contributed by atoms with E-state index in [9.17, 15) is 9.59 Å². The molecular formula is C21H20N2O2S2. The number of rotatable bonds is 3. The molecule has 3 aromatic rings. The first kappa shape index (κ1) is 17.1. The van der Waals surface area contributed by atoms with Crippen LogP contribution in [-0.2, 0) is 12.8 Å². The summed E-state index contributed by atoms with van der Waals surface area (Å²) in [6.07, 6.45) is 4.90. The molecule has 1 saturated heterocycles. The van der Waals surface area contributed by atoms with Gasteiger partial charge < -0.3 is 4.90 Å². The molecule has 2 aromatic heterocycles. The van der Waals surface area contributed by atoms with Crippen LogP contribution < -0.4 is 0 Å². The average Bonchev–Trinajstić information content (AvgIpc) is 3.40. The summed E-state index contributed by atoms with van der Waals surface area (Å²) in [7, 11) is 0. The van der Waals surface area contributed by atoms with Crippen molar-refractivity contribution < 1.29 is 9.59 Å². The second-order valence-corrected chi connectivity index (χ2v) is 9.50. The summed E-state index contributed by atoms with van der Waals surface area (Å²) >= 11 is 3.14. The molecule has 1 amide bonds. The maximum absolute atomic E-state index is 12.9. The molecule has 3 heterocycles. The number of aryl methyl sites for hydroxylation is 2. The quantitative estimate of drug-likeness (QED) is 0.609. The molecule has 1 aromatic carbocycles. The van der Waals surface area contributed by atoms with E-state index in [1.165, 1.54) is 28.2 Å². The summed E-state index contributed by atoms with van der Waals surface area (Å²) in [5, 5.41) is 0.607. The van der Waals surface area contributed by atoms with Gasteiger partial charge >= 0.3 is 0 Å². The van der Waals surface area contributed by atoms with E-state index >= 15 is 0 Å². The van der Waals surface area contributed by atoms with Gasteiger partial charge in [-0.25, -0.2) is 4.98 Å². The lowest BCUT2D eigenvalue weighted by molar-refractivity contribution is 0.0654. The molecule has 4 nitrogen and oxygen atoms in total. The topological polar surface area (TPSA) is 50.3 Å². The first-order valence-corrected chi connectivity index (χ1v) is 11.1. The van der Waals surface area contributed by atoms with Crippen molar-refractivity contribution >= 4 is 44.6 Å². The minimum Gasteiger partial charge on any atom is -0.338 e. The monoisotopic (exact) mass is 396 g/mol. The minimum absolute atomic E-state index is 0.0250. The summed E-state index contributed by atoms with van der Waals surface area (Å²) < 4.78 is 1.05. The smallest absolute Gasteiger partial charge is 0.263 e. The number of thiazole rings is 1. The van der Waals surface area contributed by atoms with Crippen LogP contribution in [0.1, 0.15) is 49.2 Å². The number of hydrogen-bond donors (Lipinski definition) is 0. The molecule has 0 N–H and O–H groups in total. The van der Waals surface area contributed by atoms with Crippen molar-refractivity contribution in [1.82, 2.24) is 9.88 Å². The molecule has 0 spiro atoms. The van der Waals surface area contributed by atoms with Gasteiger partial charge in [0.25, 0.3) is 5.91 Å². The summed E-state index contributed by atoms with van der Waals surface area (Å²) in [6, 6.07) is 9.96. The SMILES string of the molecule is O=C(c1nc2ccccc2s1)C1CCN(C(=O)c2cc3c(s2)CCC3)CC1. The number of nitrogens with zero attached hydrogens (tertiary/aromatic N) is 2. The van der Waals surface area contributed by atoms with E-state index in [4.69, 9.17) is 0 Å². The second-order valence-electron chi connectivity index (χ2n) is 7.33. The van der Waals surface area contributed by atoms with E-state index in [2.05, 4.69) is 11.1 Å². The highest BCUT2D eigenvalue weighted by atomic mass is 32.1. The van der Waals surface area contributed by atoms with Gasteiger partial charge in [-0.3, -0.25) is 9.59 Å². The number of Topliss-reactive ketones (excluding diaryl/α,β-unsaturated/α-hetero) is 1. The lowest BCUT2D eigenvalue weighted by Crippen LogP contribution is -2.40.